The van der Waals surface area contributed by atoms with E-state index in [2.05, 4.69) is 25.7 Å². The van der Waals surface area contributed by atoms with Crippen molar-refractivity contribution in [2.24, 2.45) is 29.6 Å². The second-order valence-corrected chi connectivity index (χ2v) is 10.5. The van der Waals surface area contributed by atoms with Crippen LogP contribution in [0.3, 0.4) is 0 Å². The van der Waals surface area contributed by atoms with E-state index in [1.165, 1.54) is 109 Å². The Morgan fingerprint density at radius 1 is 0.621 bits per heavy atom. The molecule has 3 rings (SSSR count). The van der Waals surface area contributed by atoms with Crippen LogP contribution in [0.1, 0.15) is 123 Å². The Morgan fingerprint density at radius 2 is 1.17 bits per heavy atom. The molecular weight excluding hydrogens is 352 g/mol. The average molecular weight is 401 g/mol. The first-order valence-electron chi connectivity index (χ1n) is 13.4. The highest BCUT2D eigenvalue weighted by molar-refractivity contribution is 5.09. The molecule has 0 bridgehead atoms. The molecule has 0 unspecified atom stereocenters. The molecule has 0 amide bonds. The van der Waals surface area contributed by atoms with Gasteiger partial charge in [0.2, 0.25) is 0 Å². The van der Waals surface area contributed by atoms with Crippen LogP contribution >= 0.6 is 0 Å². The van der Waals surface area contributed by atoms with Crippen molar-refractivity contribution in [3.8, 4) is 11.8 Å². The van der Waals surface area contributed by atoms with Crippen LogP contribution in [0.15, 0.2) is 0 Å². The Hall–Kier alpha value is -0.480. The van der Waals surface area contributed by atoms with E-state index in [-0.39, 0.29) is 0 Å². The Kier molecular flexibility index (Phi) is 10.4. The van der Waals surface area contributed by atoms with Crippen molar-refractivity contribution in [1.82, 2.24) is 0 Å². The van der Waals surface area contributed by atoms with Crippen LogP contribution in [0.2, 0.25) is 0 Å². The summed E-state index contributed by atoms with van der Waals surface area (Å²) in [5.74, 6) is 11.9. The third-order valence-electron chi connectivity index (χ3n) is 8.29. The molecule has 0 atom stereocenters. The van der Waals surface area contributed by atoms with Gasteiger partial charge >= 0.3 is 0 Å². The SMILES string of the molecule is CCCCCOC1CCC(C#CC2CCC(C3CCC(CCC)CC3)CC2)CC1. The second-order valence-electron chi connectivity index (χ2n) is 10.5. The third-order valence-corrected chi connectivity index (χ3v) is 8.29. The summed E-state index contributed by atoms with van der Waals surface area (Å²) in [5.41, 5.74) is 0. The maximum absolute atomic E-state index is 6.07. The molecule has 1 nitrogen and oxygen atoms in total. The van der Waals surface area contributed by atoms with Gasteiger partial charge in [0, 0.05) is 18.4 Å². The first kappa shape index (κ1) is 23.2. The van der Waals surface area contributed by atoms with Crippen LogP contribution in [-0.2, 0) is 4.74 Å². The van der Waals surface area contributed by atoms with E-state index >= 15 is 0 Å². The highest BCUT2D eigenvalue weighted by Crippen LogP contribution is 2.42. The molecule has 0 aromatic rings. The van der Waals surface area contributed by atoms with E-state index in [0.717, 1.165) is 24.4 Å². The minimum Gasteiger partial charge on any atom is -0.378 e. The lowest BCUT2D eigenvalue weighted by Gasteiger charge is -2.37. The molecule has 0 spiro atoms. The summed E-state index contributed by atoms with van der Waals surface area (Å²) in [6.45, 7) is 5.58. The molecule has 0 aliphatic heterocycles. The van der Waals surface area contributed by atoms with E-state index in [4.69, 9.17) is 4.74 Å². The third kappa shape index (κ3) is 7.94. The maximum Gasteiger partial charge on any atom is 0.0576 e. The standard InChI is InChI=1S/C28H48O/c1-3-5-6-22-29-28-20-14-25(15-21-28)9-8-24-12-18-27(19-13-24)26-16-10-23(7-4-2)11-17-26/h23-28H,3-7,10-22H2,1-2H3. The number of hydrogen-bond acceptors (Lipinski definition) is 1. The molecule has 0 radical (unpaired) electrons. The fourth-order valence-corrected chi connectivity index (χ4v) is 6.30. The lowest BCUT2D eigenvalue weighted by molar-refractivity contribution is 0.0211. The Bertz CT molecular complexity index is 476. The predicted octanol–water partition coefficient (Wildman–Crippen LogP) is 8.17. The highest BCUT2D eigenvalue weighted by atomic mass is 16.5. The average Bonchev–Trinajstić information content (AvgIpc) is 2.77. The van der Waals surface area contributed by atoms with E-state index in [9.17, 15) is 0 Å². The molecule has 3 saturated carbocycles. The Morgan fingerprint density at radius 3 is 1.72 bits per heavy atom. The van der Waals surface area contributed by atoms with Crippen molar-refractivity contribution in [3.05, 3.63) is 0 Å². The van der Waals surface area contributed by atoms with Crippen LogP contribution in [0, 0.1) is 41.4 Å². The summed E-state index contributed by atoms with van der Waals surface area (Å²) in [5, 5.41) is 0. The van der Waals surface area contributed by atoms with Crippen LogP contribution in [0.4, 0.5) is 0 Å². The molecule has 0 N–H and O–H groups in total. The molecule has 0 aromatic carbocycles. The molecule has 3 aliphatic carbocycles. The minimum absolute atomic E-state index is 0.521. The minimum atomic E-state index is 0.521. The summed E-state index contributed by atoms with van der Waals surface area (Å²) < 4.78 is 6.07. The van der Waals surface area contributed by atoms with Crippen LogP contribution in [-0.4, -0.2) is 12.7 Å². The quantitative estimate of drug-likeness (QED) is 0.295. The van der Waals surface area contributed by atoms with Crippen LogP contribution in [0.5, 0.6) is 0 Å². The molecule has 29 heavy (non-hydrogen) atoms. The van der Waals surface area contributed by atoms with Crippen molar-refractivity contribution in [3.63, 3.8) is 0 Å². The van der Waals surface area contributed by atoms with Gasteiger partial charge in [-0.15, -0.1) is 0 Å². The van der Waals surface area contributed by atoms with E-state index in [1.807, 2.05) is 0 Å². The van der Waals surface area contributed by atoms with Gasteiger partial charge in [-0.1, -0.05) is 64.2 Å². The summed E-state index contributed by atoms with van der Waals surface area (Å²) in [6.07, 6.45) is 24.0. The summed E-state index contributed by atoms with van der Waals surface area (Å²) in [6, 6.07) is 0. The largest absolute Gasteiger partial charge is 0.378 e. The normalized spacial score (nSPS) is 35.7. The molecule has 3 fully saturated rings. The van der Waals surface area contributed by atoms with Gasteiger partial charge in [-0.05, 0) is 88.4 Å². The topological polar surface area (TPSA) is 9.23 Å². The van der Waals surface area contributed by atoms with Gasteiger partial charge in [-0.3, -0.25) is 0 Å². The van der Waals surface area contributed by atoms with Gasteiger partial charge in [-0.2, -0.15) is 0 Å². The summed E-state index contributed by atoms with van der Waals surface area (Å²) in [4.78, 5) is 0. The molecule has 0 aromatic heterocycles. The molecule has 3 aliphatic rings. The number of unbranched alkanes of at least 4 members (excludes halogenated alkanes) is 2. The molecule has 0 heterocycles. The fourth-order valence-electron chi connectivity index (χ4n) is 6.30. The van der Waals surface area contributed by atoms with Crippen molar-refractivity contribution >= 4 is 0 Å². The summed E-state index contributed by atoms with van der Waals surface area (Å²) >= 11 is 0. The lowest BCUT2D eigenvalue weighted by atomic mass is 9.69. The van der Waals surface area contributed by atoms with Gasteiger partial charge in [0.15, 0.2) is 0 Å². The van der Waals surface area contributed by atoms with Crippen LogP contribution < -0.4 is 0 Å². The van der Waals surface area contributed by atoms with Crippen molar-refractivity contribution < 1.29 is 4.74 Å². The van der Waals surface area contributed by atoms with Crippen molar-refractivity contribution in [2.45, 2.75) is 129 Å². The zero-order valence-corrected chi connectivity index (χ0v) is 19.6. The lowest BCUT2D eigenvalue weighted by Crippen LogP contribution is -2.25. The molecular formula is C28H48O. The maximum atomic E-state index is 6.07. The monoisotopic (exact) mass is 400 g/mol. The van der Waals surface area contributed by atoms with Crippen molar-refractivity contribution in [1.29, 1.82) is 0 Å². The first-order chi connectivity index (χ1) is 14.3. The van der Waals surface area contributed by atoms with Gasteiger partial charge in [-0.25, -0.2) is 0 Å². The van der Waals surface area contributed by atoms with E-state index in [0.29, 0.717) is 17.9 Å². The van der Waals surface area contributed by atoms with Gasteiger partial charge in [0.1, 0.15) is 0 Å². The Balaban J connectivity index is 1.29. The fraction of sp³-hybridized carbons (Fsp3) is 0.929. The number of ether oxygens (including phenoxy) is 1. The molecule has 1 heteroatoms. The van der Waals surface area contributed by atoms with Crippen molar-refractivity contribution in [2.75, 3.05) is 6.61 Å². The van der Waals surface area contributed by atoms with E-state index in [1.54, 1.807) is 0 Å². The highest BCUT2D eigenvalue weighted by Gasteiger charge is 2.30. The zero-order valence-electron chi connectivity index (χ0n) is 19.6. The molecule has 166 valence electrons. The smallest absolute Gasteiger partial charge is 0.0576 e. The Labute approximate surface area is 182 Å². The first-order valence-corrected chi connectivity index (χ1v) is 13.4. The van der Waals surface area contributed by atoms with Gasteiger partial charge in [0.05, 0.1) is 6.10 Å². The van der Waals surface area contributed by atoms with E-state index < -0.39 is 0 Å². The van der Waals surface area contributed by atoms with Gasteiger partial charge < -0.3 is 4.74 Å². The van der Waals surface area contributed by atoms with Gasteiger partial charge in [0.25, 0.3) is 0 Å². The van der Waals surface area contributed by atoms with Crippen LogP contribution in [0.25, 0.3) is 0 Å². The second kappa shape index (κ2) is 13.0. The molecule has 0 saturated heterocycles. The number of rotatable bonds is 8. The predicted molar refractivity (Wildman–Crippen MR) is 125 cm³/mol. The summed E-state index contributed by atoms with van der Waals surface area (Å²) in [7, 11) is 0. The zero-order chi connectivity index (χ0) is 20.3. The number of hydrogen-bond donors (Lipinski definition) is 0.